The van der Waals surface area contributed by atoms with E-state index in [1.807, 2.05) is 28.8 Å². The highest BCUT2D eigenvalue weighted by Gasteiger charge is 2.29. The van der Waals surface area contributed by atoms with E-state index in [4.69, 9.17) is 0 Å². The van der Waals surface area contributed by atoms with Gasteiger partial charge in [-0.1, -0.05) is 0 Å². The van der Waals surface area contributed by atoms with Crippen LogP contribution in [0, 0.1) is 0 Å². The third-order valence-corrected chi connectivity index (χ3v) is 5.21. The Hall–Kier alpha value is -2.80. The first-order valence-electron chi connectivity index (χ1n) is 9.37. The molecular formula is C20H24N6O. The molecule has 1 N–H and O–H groups in total. The molecule has 3 aromatic rings. The molecule has 4 rings (SSSR count). The van der Waals surface area contributed by atoms with Crippen LogP contribution in [0.1, 0.15) is 47.9 Å². The van der Waals surface area contributed by atoms with Crippen molar-refractivity contribution in [2.45, 2.75) is 38.8 Å². The number of pyridine rings is 2. The summed E-state index contributed by atoms with van der Waals surface area (Å²) in [6.45, 7) is 6.96. The fraction of sp³-hybridized carbons (Fsp3) is 0.400. The summed E-state index contributed by atoms with van der Waals surface area (Å²) in [7, 11) is 0. The van der Waals surface area contributed by atoms with Crippen LogP contribution < -0.4 is 5.32 Å². The number of hydrogen-bond donors (Lipinski definition) is 1. The first-order valence-corrected chi connectivity index (χ1v) is 9.37. The van der Waals surface area contributed by atoms with Crippen molar-refractivity contribution in [3.05, 3.63) is 59.8 Å². The predicted octanol–water partition coefficient (Wildman–Crippen LogP) is 2.25. The quantitative estimate of drug-likeness (QED) is 0.752. The molecule has 0 aliphatic carbocycles. The number of likely N-dealkylation sites (tertiary alicyclic amines) is 1. The highest BCUT2D eigenvalue weighted by Crippen LogP contribution is 2.27. The van der Waals surface area contributed by atoms with Crippen molar-refractivity contribution >= 4 is 11.6 Å². The van der Waals surface area contributed by atoms with Crippen molar-refractivity contribution in [3.63, 3.8) is 0 Å². The third kappa shape index (κ3) is 3.68. The van der Waals surface area contributed by atoms with Crippen molar-refractivity contribution in [3.8, 4) is 0 Å². The Morgan fingerprint density at radius 1 is 1.22 bits per heavy atom. The molecule has 0 aromatic carbocycles. The second kappa shape index (κ2) is 7.44. The minimum absolute atomic E-state index is 0.108. The summed E-state index contributed by atoms with van der Waals surface area (Å²) in [5, 5.41) is 11.6. The first kappa shape index (κ1) is 17.6. The number of carbonyl (C=O) groups excluding carboxylic acids is 1. The normalized spacial score (nSPS) is 17.7. The molecule has 27 heavy (non-hydrogen) atoms. The number of nitrogens with zero attached hydrogens (tertiary/aromatic N) is 5. The zero-order valence-corrected chi connectivity index (χ0v) is 15.7. The fourth-order valence-corrected chi connectivity index (χ4v) is 3.57. The minimum Gasteiger partial charge on any atom is -0.348 e. The highest BCUT2D eigenvalue weighted by atomic mass is 16.1. The number of aromatic nitrogens is 4. The summed E-state index contributed by atoms with van der Waals surface area (Å²) in [6.07, 6.45) is 6.36. The van der Waals surface area contributed by atoms with Gasteiger partial charge in [0, 0.05) is 43.6 Å². The summed E-state index contributed by atoms with van der Waals surface area (Å²) in [5.41, 5.74) is 2.40. The van der Waals surface area contributed by atoms with E-state index in [1.165, 1.54) is 0 Å². The summed E-state index contributed by atoms with van der Waals surface area (Å²) in [5.74, 6) is 1.18. The van der Waals surface area contributed by atoms with Crippen LogP contribution in [0.2, 0.25) is 0 Å². The Balaban J connectivity index is 1.52. The molecule has 0 bridgehead atoms. The lowest BCUT2D eigenvalue weighted by atomic mass is 10.1. The van der Waals surface area contributed by atoms with Gasteiger partial charge in [0.05, 0.1) is 5.56 Å². The van der Waals surface area contributed by atoms with E-state index >= 15 is 0 Å². The number of rotatable bonds is 5. The van der Waals surface area contributed by atoms with Crippen LogP contribution >= 0.6 is 0 Å². The van der Waals surface area contributed by atoms with Gasteiger partial charge in [0.25, 0.3) is 5.91 Å². The number of amides is 1. The van der Waals surface area contributed by atoms with Crippen LogP contribution in [-0.2, 0) is 6.54 Å². The minimum atomic E-state index is -0.108. The van der Waals surface area contributed by atoms with Crippen molar-refractivity contribution in [2.75, 3.05) is 13.1 Å². The smallest absolute Gasteiger partial charge is 0.253 e. The molecule has 1 aliphatic heterocycles. The average Bonchev–Trinajstić information content (AvgIpc) is 3.33. The summed E-state index contributed by atoms with van der Waals surface area (Å²) in [4.78, 5) is 19.0. The maximum atomic E-state index is 12.6. The maximum absolute atomic E-state index is 12.6. The van der Waals surface area contributed by atoms with Gasteiger partial charge in [-0.3, -0.25) is 14.2 Å². The number of nitrogens with one attached hydrogen (secondary N) is 1. The lowest BCUT2D eigenvalue weighted by molar-refractivity contribution is 0.0950. The Morgan fingerprint density at radius 2 is 2.04 bits per heavy atom. The number of fused-ring (bicyclic) bond motifs is 1. The van der Waals surface area contributed by atoms with E-state index < -0.39 is 0 Å². The molecule has 7 heteroatoms. The van der Waals surface area contributed by atoms with Gasteiger partial charge in [-0.25, -0.2) is 0 Å². The van der Waals surface area contributed by atoms with Crippen LogP contribution in [-0.4, -0.2) is 49.5 Å². The Bertz CT molecular complexity index is 936. The molecule has 0 saturated carbocycles. The van der Waals surface area contributed by atoms with Crippen LogP contribution in [0.3, 0.4) is 0 Å². The first-order chi connectivity index (χ1) is 13.1. The Labute approximate surface area is 158 Å². The summed E-state index contributed by atoms with van der Waals surface area (Å²) in [6, 6.07) is 7.96. The number of carbonyl (C=O) groups is 1. The number of hydrogen-bond acceptors (Lipinski definition) is 5. The van der Waals surface area contributed by atoms with E-state index in [0.29, 0.717) is 24.1 Å². The maximum Gasteiger partial charge on any atom is 0.253 e. The molecular weight excluding hydrogens is 340 g/mol. The zero-order chi connectivity index (χ0) is 18.8. The summed E-state index contributed by atoms with van der Waals surface area (Å²) < 4.78 is 1.97. The largest absolute Gasteiger partial charge is 0.348 e. The van der Waals surface area contributed by atoms with E-state index in [2.05, 4.69) is 39.2 Å². The van der Waals surface area contributed by atoms with Crippen molar-refractivity contribution in [1.29, 1.82) is 0 Å². The molecule has 1 saturated heterocycles. The van der Waals surface area contributed by atoms with E-state index in [1.54, 1.807) is 18.5 Å². The molecule has 1 atom stereocenters. The van der Waals surface area contributed by atoms with Gasteiger partial charge >= 0.3 is 0 Å². The fourth-order valence-electron chi connectivity index (χ4n) is 3.57. The van der Waals surface area contributed by atoms with Crippen molar-refractivity contribution < 1.29 is 4.79 Å². The van der Waals surface area contributed by atoms with E-state index in [9.17, 15) is 4.79 Å². The third-order valence-electron chi connectivity index (χ3n) is 5.21. The van der Waals surface area contributed by atoms with Crippen LogP contribution in [0.25, 0.3) is 5.65 Å². The molecule has 1 amide bonds. The molecule has 3 aromatic heterocycles. The molecule has 0 spiro atoms. The molecule has 7 nitrogen and oxygen atoms in total. The lowest BCUT2D eigenvalue weighted by Crippen LogP contribution is -2.28. The SMILES string of the molecule is CC(C)N1CC[C@H](c2nnc3ccc(C(=O)NCc4ccncc4)cn23)C1. The molecule has 1 fully saturated rings. The Kier molecular flexibility index (Phi) is 4.85. The van der Waals surface area contributed by atoms with Gasteiger partial charge in [-0.05, 0) is 56.6 Å². The topological polar surface area (TPSA) is 75.4 Å². The highest BCUT2D eigenvalue weighted by molar-refractivity contribution is 5.94. The van der Waals surface area contributed by atoms with Crippen LogP contribution in [0.5, 0.6) is 0 Å². The van der Waals surface area contributed by atoms with Crippen molar-refractivity contribution in [2.24, 2.45) is 0 Å². The molecule has 140 valence electrons. The zero-order valence-electron chi connectivity index (χ0n) is 15.7. The van der Waals surface area contributed by atoms with E-state index in [0.717, 1.165) is 36.5 Å². The summed E-state index contributed by atoms with van der Waals surface area (Å²) >= 11 is 0. The van der Waals surface area contributed by atoms with Gasteiger partial charge in [0.15, 0.2) is 5.65 Å². The van der Waals surface area contributed by atoms with Gasteiger partial charge in [0.1, 0.15) is 5.82 Å². The second-order valence-corrected chi connectivity index (χ2v) is 7.32. The average molecular weight is 364 g/mol. The van der Waals surface area contributed by atoms with Crippen molar-refractivity contribution in [1.82, 2.24) is 29.8 Å². The molecule has 0 radical (unpaired) electrons. The van der Waals surface area contributed by atoms with Gasteiger partial charge in [0.2, 0.25) is 0 Å². The molecule has 1 aliphatic rings. The standard InChI is InChI=1S/C20H24N6O/c1-14(2)25-10-7-16(12-25)19-24-23-18-4-3-17(13-26(18)19)20(27)22-11-15-5-8-21-9-6-15/h3-6,8-9,13-14,16H,7,10-12H2,1-2H3,(H,22,27)/t16-/m0/s1. The van der Waals surface area contributed by atoms with Gasteiger partial charge < -0.3 is 10.2 Å². The van der Waals surface area contributed by atoms with Crippen LogP contribution in [0.4, 0.5) is 0 Å². The lowest BCUT2D eigenvalue weighted by Gasteiger charge is -2.19. The molecule has 4 heterocycles. The van der Waals surface area contributed by atoms with Crippen LogP contribution in [0.15, 0.2) is 42.9 Å². The second-order valence-electron chi connectivity index (χ2n) is 7.32. The van der Waals surface area contributed by atoms with E-state index in [-0.39, 0.29) is 5.91 Å². The monoisotopic (exact) mass is 364 g/mol. The predicted molar refractivity (Wildman–Crippen MR) is 102 cm³/mol. The molecule has 0 unspecified atom stereocenters. The van der Waals surface area contributed by atoms with Gasteiger partial charge in [-0.2, -0.15) is 0 Å². The Morgan fingerprint density at radius 3 is 2.78 bits per heavy atom. The van der Waals surface area contributed by atoms with Gasteiger partial charge in [-0.15, -0.1) is 10.2 Å².